The first-order chi connectivity index (χ1) is 12.7. The molecule has 0 saturated heterocycles. The molecule has 5 heteroatoms. The normalized spacial score (nSPS) is 15.6. The molecule has 0 aromatic heterocycles. The van der Waals surface area contributed by atoms with Crippen LogP contribution in [0.3, 0.4) is 0 Å². The van der Waals surface area contributed by atoms with E-state index < -0.39 is 16.0 Å². The standard InChI is InChI=1S/C22H46O4S/c1-5-7-8-9-10-11-12-13-14-15-16-17-18-19-20-21(3)22(4,6-2)26-27(23,24)25/h21H,5-20H2,1-4H3,(H,23,24,25). The molecule has 164 valence electrons. The molecule has 2 unspecified atom stereocenters. The van der Waals surface area contributed by atoms with Crippen LogP contribution in [0.1, 0.15) is 130 Å². The minimum absolute atomic E-state index is 0.0988. The van der Waals surface area contributed by atoms with E-state index in [9.17, 15) is 8.42 Å². The van der Waals surface area contributed by atoms with E-state index in [1.54, 1.807) is 6.92 Å². The van der Waals surface area contributed by atoms with E-state index in [0.717, 1.165) is 12.8 Å². The van der Waals surface area contributed by atoms with Crippen LogP contribution >= 0.6 is 0 Å². The van der Waals surface area contributed by atoms with Crippen molar-refractivity contribution in [2.24, 2.45) is 5.92 Å². The van der Waals surface area contributed by atoms with Gasteiger partial charge in [0.1, 0.15) is 0 Å². The zero-order valence-corrected chi connectivity index (χ0v) is 19.3. The fourth-order valence-electron chi connectivity index (χ4n) is 3.68. The van der Waals surface area contributed by atoms with Crippen LogP contribution in [0.25, 0.3) is 0 Å². The highest BCUT2D eigenvalue weighted by Gasteiger charge is 2.34. The lowest BCUT2D eigenvalue weighted by Gasteiger charge is -2.32. The zero-order valence-electron chi connectivity index (χ0n) is 18.5. The molecule has 0 aliphatic rings. The van der Waals surface area contributed by atoms with Crippen molar-refractivity contribution in [3.8, 4) is 0 Å². The third-order valence-corrected chi connectivity index (χ3v) is 6.62. The summed E-state index contributed by atoms with van der Waals surface area (Å²) in [5, 5.41) is 0. The van der Waals surface area contributed by atoms with E-state index in [0.29, 0.717) is 6.42 Å². The van der Waals surface area contributed by atoms with Crippen LogP contribution in [0.5, 0.6) is 0 Å². The van der Waals surface area contributed by atoms with Crippen molar-refractivity contribution in [2.45, 2.75) is 136 Å². The molecular weight excluding hydrogens is 360 g/mol. The number of hydrogen-bond acceptors (Lipinski definition) is 3. The number of unbranched alkanes of at least 4 members (excludes halogenated alkanes) is 13. The lowest BCUT2D eigenvalue weighted by Crippen LogP contribution is -2.37. The van der Waals surface area contributed by atoms with Gasteiger partial charge in [-0.15, -0.1) is 0 Å². The smallest absolute Gasteiger partial charge is 0.264 e. The van der Waals surface area contributed by atoms with Crippen LogP contribution in [0.4, 0.5) is 0 Å². The molecule has 0 spiro atoms. The predicted molar refractivity (Wildman–Crippen MR) is 115 cm³/mol. The highest BCUT2D eigenvalue weighted by atomic mass is 32.3. The van der Waals surface area contributed by atoms with Gasteiger partial charge in [-0.25, -0.2) is 4.18 Å². The highest BCUT2D eigenvalue weighted by molar-refractivity contribution is 7.80. The molecule has 0 rings (SSSR count). The second-order valence-electron chi connectivity index (χ2n) is 8.46. The SMILES string of the molecule is CCCCCCCCCCCCCCCCC(C)C(C)(CC)OS(=O)(=O)O. The summed E-state index contributed by atoms with van der Waals surface area (Å²) in [6, 6.07) is 0. The molecule has 0 amide bonds. The average molecular weight is 407 g/mol. The fraction of sp³-hybridized carbons (Fsp3) is 1.00. The first kappa shape index (κ1) is 26.9. The van der Waals surface area contributed by atoms with E-state index in [1.807, 2.05) is 13.8 Å². The Hall–Kier alpha value is -0.130. The summed E-state index contributed by atoms with van der Waals surface area (Å²) in [6.07, 6.45) is 20.2. The summed E-state index contributed by atoms with van der Waals surface area (Å²) in [4.78, 5) is 0. The molecule has 0 aromatic carbocycles. The van der Waals surface area contributed by atoms with Gasteiger partial charge in [-0.05, 0) is 25.7 Å². The van der Waals surface area contributed by atoms with Gasteiger partial charge in [-0.2, -0.15) is 8.42 Å². The van der Waals surface area contributed by atoms with Gasteiger partial charge >= 0.3 is 10.4 Å². The van der Waals surface area contributed by atoms with Crippen LogP contribution in [-0.2, 0) is 14.6 Å². The molecule has 0 bridgehead atoms. The number of hydrogen-bond donors (Lipinski definition) is 1. The first-order valence-corrected chi connectivity index (χ1v) is 12.8. The van der Waals surface area contributed by atoms with Crippen molar-refractivity contribution in [3.05, 3.63) is 0 Å². The van der Waals surface area contributed by atoms with Gasteiger partial charge in [0.25, 0.3) is 0 Å². The van der Waals surface area contributed by atoms with Crippen LogP contribution in [0, 0.1) is 5.92 Å². The van der Waals surface area contributed by atoms with E-state index in [1.165, 1.54) is 83.5 Å². The predicted octanol–water partition coefficient (Wildman–Crippen LogP) is 7.48. The maximum Gasteiger partial charge on any atom is 0.397 e. The molecule has 0 aliphatic heterocycles. The Morgan fingerprint density at radius 3 is 1.48 bits per heavy atom. The summed E-state index contributed by atoms with van der Waals surface area (Å²) >= 11 is 0. The molecule has 0 aliphatic carbocycles. The Morgan fingerprint density at radius 2 is 1.15 bits per heavy atom. The Labute approximate surface area is 169 Å². The Morgan fingerprint density at radius 1 is 0.778 bits per heavy atom. The summed E-state index contributed by atoms with van der Waals surface area (Å²) in [6.45, 7) is 7.94. The maximum absolute atomic E-state index is 11.0. The van der Waals surface area contributed by atoms with Crippen molar-refractivity contribution in [1.82, 2.24) is 0 Å². The van der Waals surface area contributed by atoms with Crippen LogP contribution in [0.2, 0.25) is 0 Å². The summed E-state index contributed by atoms with van der Waals surface area (Å²) in [7, 11) is -4.40. The second kappa shape index (κ2) is 15.8. The molecule has 0 aromatic rings. The van der Waals surface area contributed by atoms with Crippen molar-refractivity contribution in [3.63, 3.8) is 0 Å². The molecule has 0 fully saturated rings. The summed E-state index contributed by atoms with van der Waals surface area (Å²) in [5.41, 5.74) is -0.815. The minimum Gasteiger partial charge on any atom is -0.264 e. The molecule has 2 atom stereocenters. The third kappa shape index (κ3) is 15.5. The average Bonchev–Trinajstić information content (AvgIpc) is 2.60. The van der Waals surface area contributed by atoms with Gasteiger partial charge in [-0.1, -0.05) is 111 Å². The Bertz CT molecular complexity index is 436. The van der Waals surface area contributed by atoms with Crippen LogP contribution in [-0.4, -0.2) is 18.6 Å². The largest absolute Gasteiger partial charge is 0.397 e. The molecular formula is C22H46O4S. The van der Waals surface area contributed by atoms with Gasteiger partial charge in [0.2, 0.25) is 0 Å². The summed E-state index contributed by atoms with van der Waals surface area (Å²) in [5.74, 6) is 0.0988. The minimum atomic E-state index is -4.40. The van der Waals surface area contributed by atoms with Gasteiger partial charge < -0.3 is 0 Å². The van der Waals surface area contributed by atoms with Crippen molar-refractivity contribution in [2.75, 3.05) is 0 Å². The third-order valence-electron chi connectivity index (χ3n) is 6.03. The summed E-state index contributed by atoms with van der Waals surface area (Å²) < 4.78 is 36.0. The lowest BCUT2D eigenvalue weighted by molar-refractivity contribution is 0.0202. The van der Waals surface area contributed by atoms with E-state index in [4.69, 9.17) is 8.74 Å². The second-order valence-corrected chi connectivity index (χ2v) is 9.49. The van der Waals surface area contributed by atoms with E-state index in [2.05, 4.69) is 6.92 Å². The van der Waals surface area contributed by atoms with E-state index >= 15 is 0 Å². The monoisotopic (exact) mass is 406 g/mol. The van der Waals surface area contributed by atoms with Crippen molar-refractivity contribution >= 4 is 10.4 Å². The molecule has 0 radical (unpaired) electrons. The zero-order chi connectivity index (χ0) is 20.6. The van der Waals surface area contributed by atoms with Gasteiger partial charge in [0.05, 0.1) is 5.60 Å². The van der Waals surface area contributed by atoms with Gasteiger partial charge in [0.15, 0.2) is 0 Å². The van der Waals surface area contributed by atoms with Crippen LogP contribution in [0.15, 0.2) is 0 Å². The van der Waals surface area contributed by atoms with Crippen LogP contribution < -0.4 is 0 Å². The van der Waals surface area contributed by atoms with Crippen molar-refractivity contribution in [1.29, 1.82) is 0 Å². The molecule has 1 N–H and O–H groups in total. The quantitative estimate of drug-likeness (QED) is 0.178. The molecule has 0 saturated carbocycles. The Kier molecular flexibility index (Phi) is 15.7. The topological polar surface area (TPSA) is 63.6 Å². The fourth-order valence-corrected chi connectivity index (χ4v) is 4.44. The molecule has 0 heterocycles. The maximum atomic E-state index is 11.0. The molecule has 4 nitrogen and oxygen atoms in total. The number of rotatable bonds is 19. The Balaban J connectivity index is 3.58. The lowest BCUT2D eigenvalue weighted by atomic mass is 9.84. The van der Waals surface area contributed by atoms with E-state index in [-0.39, 0.29) is 5.92 Å². The molecule has 27 heavy (non-hydrogen) atoms. The van der Waals surface area contributed by atoms with Gasteiger partial charge in [-0.3, -0.25) is 4.55 Å². The first-order valence-electron chi connectivity index (χ1n) is 11.4. The van der Waals surface area contributed by atoms with Crippen molar-refractivity contribution < 1.29 is 17.2 Å². The van der Waals surface area contributed by atoms with Gasteiger partial charge in [0, 0.05) is 0 Å². The highest BCUT2D eigenvalue weighted by Crippen LogP contribution is 2.31.